The van der Waals surface area contributed by atoms with E-state index in [2.05, 4.69) is 15.9 Å². The zero-order valence-corrected chi connectivity index (χ0v) is 11.9. The van der Waals surface area contributed by atoms with Crippen molar-refractivity contribution in [3.8, 4) is 0 Å². The zero-order chi connectivity index (χ0) is 12.6. The summed E-state index contributed by atoms with van der Waals surface area (Å²) >= 11 is 4.29. The molecule has 94 valence electrons. The summed E-state index contributed by atoms with van der Waals surface area (Å²) < 4.78 is 26.4. The van der Waals surface area contributed by atoms with E-state index in [-0.39, 0.29) is 10.3 Å². The highest BCUT2D eigenvalue weighted by atomic mass is 79.9. The van der Waals surface area contributed by atoms with Crippen LogP contribution in [0.3, 0.4) is 0 Å². The van der Waals surface area contributed by atoms with Crippen molar-refractivity contribution >= 4 is 43.3 Å². The van der Waals surface area contributed by atoms with Gasteiger partial charge in [-0.05, 0) is 40.9 Å². The lowest BCUT2D eigenvalue weighted by Gasteiger charge is -2.18. The number of thiophene rings is 1. The molecule has 1 heterocycles. The van der Waals surface area contributed by atoms with Crippen molar-refractivity contribution in [3.05, 3.63) is 15.9 Å². The van der Waals surface area contributed by atoms with Gasteiger partial charge in [-0.3, -0.25) is 4.79 Å². The van der Waals surface area contributed by atoms with E-state index < -0.39 is 22.5 Å². The van der Waals surface area contributed by atoms with Crippen molar-refractivity contribution < 1.29 is 18.3 Å². The molecule has 1 aromatic rings. The highest BCUT2D eigenvalue weighted by Crippen LogP contribution is 2.35. The van der Waals surface area contributed by atoms with Crippen molar-refractivity contribution in [2.24, 2.45) is 0 Å². The minimum atomic E-state index is -3.67. The number of carbonyl (C=O) groups is 1. The Balaban J connectivity index is 2.31. The Kier molecular flexibility index (Phi) is 3.58. The molecule has 0 radical (unpaired) electrons. The first-order valence-corrected chi connectivity index (χ1v) is 7.95. The Labute approximate surface area is 111 Å². The van der Waals surface area contributed by atoms with Gasteiger partial charge in [-0.15, -0.1) is 11.3 Å². The predicted molar refractivity (Wildman–Crippen MR) is 66.6 cm³/mol. The van der Waals surface area contributed by atoms with E-state index in [0.29, 0.717) is 3.79 Å². The number of rotatable bonds is 5. The van der Waals surface area contributed by atoms with Crippen LogP contribution in [0.1, 0.15) is 12.8 Å². The van der Waals surface area contributed by atoms with Gasteiger partial charge in [-0.1, -0.05) is 0 Å². The molecule has 1 saturated carbocycles. The minimum absolute atomic E-state index is 0.156. The predicted octanol–water partition coefficient (Wildman–Crippen LogP) is 1.75. The third-order valence-corrected chi connectivity index (χ3v) is 6.35. The third-order valence-electron chi connectivity index (χ3n) is 2.36. The van der Waals surface area contributed by atoms with Gasteiger partial charge < -0.3 is 5.11 Å². The fourth-order valence-electron chi connectivity index (χ4n) is 1.46. The molecular formula is C9H10BrNO4S2. The molecule has 0 spiro atoms. The molecule has 2 rings (SSSR count). The summed E-state index contributed by atoms with van der Waals surface area (Å²) in [7, 11) is -3.67. The molecule has 17 heavy (non-hydrogen) atoms. The summed E-state index contributed by atoms with van der Waals surface area (Å²) in [5, 5.41) is 8.76. The molecule has 0 aromatic carbocycles. The normalized spacial score (nSPS) is 16.4. The van der Waals surface area contributed by atoms with Crippen LogP contribution in [-0.2, 0) is 14.8 Å². The van der Waals surface area contributed by atoms with Gasteiger partial charge in [0.25, 0.3) is 10.0 Å². The van der Waals surface area contributed by atoms with E-state index in [0.717, 1.165) is 28.5 Å². The first-order chi connectivity index (χ1) is 7.91. The summed E-state index contributed by atoms with van der Waals surface area (Å²) in [4.78, 5) is 10.7. The number of carboxylic acid groups (broad SMARTS) is 1. The summed E-state index contributed by atoms with van der Waals surface area (Å²) in [5.74, 6) is -1.13. The lowest BCUT2D eigenvalue weighted by molar-refractivity contribution is -0.137. The zero-order valence-electron chi connectivity index (χ0n) is 8.67. The van der Waals surface area contributed by atoms with Crippen molar-refractivity contribution in [3.63, 3.8) is 0 Å². The molecule has 1 N–H and O–H groups in total. The highest BCUT2D eigenvalue weighted by molar-refractivity contribution is 9.11. The van der Waals surface area contributed by atoms with Gasteiger partial charge in [-0.25, -0.2) is 8.42 Å². The van der Waals surface area contributed by atoms with E-state index in [4.69, 9.17) is 5.11 Å². The molecule has 8 heteroatoms. The maximum Gasteiger partial charge on any atom is 0.318 e. The molecule has 0 aliphatic heterocycles. The summed E-state index contributed by atoms with van der Waals surface area (Å²) in [6, 6.07) is 2.97. The van der Waals surface area contributed by atoms with Gasteiger partial charge in [0.15, 0.2) is 0 Å². The topological polar surface area (TPSA) is 74.7 Å². The number of hydrogen-bond donors (Lipinski definition) is 1. The average Bonchev–Trinajstić information content (AvgIpc) is 2.96. The van der Waals surface area contributed by atoms with E-state index in [1.807, 2.05) is 0 Å². The second-order valence-electron chi connectivity index (χ2n) is 3.73. The summed E-state index contributed by atoms with van der Waals surface area (Å²) in [5.41, 5.74) is 0. The van der Waals surface area contributed by atoms with E-state index in [1.54, 1.807) is 6.07 Å². The molecule has 1 aliphatic carbocycles. The lowest BCUT2D eigenvalue weighted by Crippen LogP contribution is -2.37. The van der Waals surface area contributed by atoms with Gasteiger partial charge in [0.1, 0.15) is 10.8 Å². The molecule has 1 aromatic heterocycles. The van der Waals surface area contributed by atoms with Crippen LogP contribution in [0.15, 0.2) is 20.1 Å². The average molecular weight is 340 g/mol. The van der Waals surface area contributed by atoms with E-state index in [1.165, 1.54) is 6.07 Å². The minimum Gasteiger partial charge on any atom is -0.480 e. The van der Waals surface area contributed by atoms with Crippen LogP contribution in [0.2, 0.25) is 0 Å². The lowest BCUT2D eigenvalue weighted by atomic mass is 10.6. The number of halogens is 1. The second-order valence-corrected chi connectivity index (χ2v) is 8.31. The fraction of sp³-hybridized carbons (Fsp3) is 0.444. The largest absolute Gasteiger partial charge is 0.480 e. The summed E-state index contributed by atoms with van der Waals surface area (Å²) in [6.45, 7) is -0.470. The first-order valence-electron chi connectivity index (χ1n) is 4.90. The number of aliphatic carboxylic acids is 1. The van der Waals surface area contributed by atoms with Crippen molar-refractivity contribution in [1.29, 1.82) is 0 Å². The van der Waals surface area contributed by atoms with Gasteiger partial charge in [-0.2, -0.15) is 4.31 Å². The Morgan fingerprint density at radius 2 is 2.18 bits per heavy atom. The molecule has 0 saturated heterocycles. The molecule has 5 nitrogen and oxygen atoms in total. The maximum absolute atomic E-state index is 12.2. The van der Waals surface area contributed by atoms with E-state index in [9.17, 15) is 13.2 Å². The smallest absolute Gasteiger partial charge is 0.318 e. The van der Waals surface area contributed by atoms with Crippen LogP contribution < -0.4 is 0 Å². The Morgan fingerprint density at radius 1 is 1.53 bits per heavy atom. The van der Waals surface area contributed by atoms with Crippen LogP contribution in [0.25, 0.3) is 0 Å². The van der Waals surface area contributed by atoms with Crippen molar-refractivity contribution in [2.45, 2.75) is 23.1 Å². The van der Waals surface area contributed by atoms with Gasteiger partial charge in [0.2, 0.25) is 0 Å². The monoisotopic (exact) mass is 339 g/mol. The molecule has 0 bridgehead atoms. The van der Waals surface area contributed by atoms with Crippen molar-refractivity contribution in [2.75, 3.05) is 6.54 Å². The molecule has 1 aliphatic rings. The number of sulfonamides is 1. The molecular weight excluding hydrogens is 330 g/mol. The fourth-order valence-corrected chi connectivity index (χ4v) is 5.23. The highest BCUT2D eigenvalue weighted by Gasteiger charge is 2.39. The van der Waals surface area contributed by atoms with Crippen LogP contribution >= 0.6 is 27.3 Å². The standard InChI is InChI=1S/C9H10BrNO4S2/c10-7-3-4-9(16-7)17(14,15)11(5-8(12)13)6-1-2-6/h3-4,6H,1-2,5H2,(H,12,13). The maximum atomic E-state index is 12.2. The van der Waals surface area contributed by atoms with Crippen LogP contribution in [-0.4, -0.2) is 36.4 Å². The number of nitrogens with zero attached hydrogens (tertiary/aromatic N) is 1. The quantitative estimate of drug-likeness (QED) is 0.886. The molecule has 1 fully saturated rings. The number of carboxylic acids is 1. The van der Waals surface area contributed by atoms with E-state index >= 15 is 0 Å². The second kappa shape index (κ2) is 4.68. The Morgan fingerprint density at radius 3 is 2.59 bits per heavy atom. The number of hydrogen-bond acceptors (Lipinski definition) is 4. The molecule has 0 atom stereocenters. The SMILES string of the molecule is O=C(O)CN(C1CC1)S(=O)(=O)c1ccc(Br)s1. The van der Waals surface area contributed by atoms with Gasteiger partial charge >= 0.3 is 5.97 Å². The molecule has 0 unspecified atom stereocenters. The van der Waals surface area contributed by atoms with Crippen LogP contribution in [0.4, 0.5) is 0 Å². The first kappa shape index (κ1) is 13.0. The van der Waals surface area contributed by atoms with Gasteiger partial charge in [0.05, 0.1) is 3.79 Å². The van der Waals surface area contributed by atoms with Gasteiger partial charge in [0, 0.05) is 6.04 Å². The summed E-state index contributed by atoms with van der Waals surface area (Å²) in [6.07, 6.45) is 1.47. The Bertz CT molecular complexity index is 535. The Hall–Kier alpha value is -0.440. The molecule has 0 amide bonds. The van der Waals surface area contributed by atoms with Crippen LogP contribution in [0, 0.1) is 0 Å². The third kappa shape index (κ3) is 2.87. The van der Waals surface area contributed by atoms with Crippen LogP contribution in [0.5, 0.6) is 0 Å². The van der Waals surface area contributed by atoms with Crippen molar-refractivity contribution in [1.82, 2.24) is 4.31 Å².